The van der Waals surface area contributed by atoms with E-state index in [4.69, 9.17) is 4.42 Å². The van der Waals surface area contributed by atoms with Crippen molar-refractivity contribution in [1.82, 2.24) is 0 Å². The molecule has 0 aliphatic heterocycles. The van der Waals surface area contributed by atoms with Gasteiger partial charge in [0, 0.05) is 5.92 Å². The van der Waals surface area contributed by atoms with Crippen LogP contribution in [0.2, 0.25) is 0 Å². The second-order valence-electron chi connectivity index (χ2n) is 3.49. The number of ketones is 1. The summed E-state index contributed by atoms with van der Waals surface area (Å²) in [4.78, 5) is 11.7. The predicted molar refractivity (Wildman–Crippen MR) is 54.7 cm³/mol. The first-order valence-corrected chi connectivity index (χ1v) is 5.10. The molecular weight excluding hydrogens is 232 g/mol. The molecule has 13 heavy (non-hydrogen) atoms. The Bertz CT molecular complexity index is 302. The van der Waals surface area contributed by atoms with Gasteiger partial charge in [-0.05, 0) is 27.9 Å². The lowest BCUT2D eigenvalue weighted by atomic mass is 9.92. The van der Waals surface area contributed by atoms with Crippen LogP contribution in [0.25, 0.3) is 0 Å². The molecule has 1 heterocycles. The molecule has 72 valence electrons. The van der Waals surface area contributed by atoms with Crippen LogP contribution in [0.3, 0.4) is 0 Å². The minimum Gasteiger partial charge on any atom is -0.460 e. The first-order chi connectivity index (χ1) is 6.04. The van der Waals surface area contributed by atoms with Crippen LogP contribution in [-0.2, 0) is 0 Å². The van der Waals surface area contributed by atoms with E-state index < -0.39 is 0 Å². The Balaban J connectivity index is 2.86. The maximum atomic E-state index is 11.7. The van der Waals surface area contributed by atoms with E-state index in [1.54, 1.807) is 6.07 Å². The third-order valence-electron chi connectivity index (χ3n) is 2.25. The lowest BCUT2D eigenvalue weighted by Gasteiger charge is -2.12. The zero-order valence-electron chi connectivity index (χ0n) is 8.00. The highest BCUT2D eigenvalue weighted by atomic mass is 79.9. The molecule has 0 radical (unpaired) electrons. The Labute approximate surface area is 86.4 Å². The molecule has 0 amide bonds. The predicted octanol–water partition coefficient (Wildman–Crippen LogP) is 3.52. The molecule has 0 aliphatic rings. The van der Waals surface area contributed by atoms with Crippen molar-refractivity contribution in [2.75, 3.05) is 0 Å². The fourth-order valence-corrected chi connectivity index (χ4v) is 1.38. The maximum absolute atomic E-state index is 11.7. The summed E-state index contributed by atoms with van der Waals surface area (Å²) < 4.78 is 5.84. The van der Waals surface area contributed by atoms with Crippen LogP contribution >= 0.6 is 15.9 Å². The third-order valence-corrected chi connectivity index (χ3v) is 2.88. The highest BCUT2D eigenvalue weighted by Gasteiger charge is 2.22. The first kappa shape index (κ1) is 10.5. The number of Topliss-reactive ketones (excluding diaryl/α,β-unsaturated/α-hetero) is 1. The van der Waals surface area contributed by atoms with Crippen molar-refractivity contribution in [1.29, 1.82) is 0 Å². The van der Waals surface area contributed by atoms with Crippen LogP contribution < -0.4 is 0 Å². The largest absolute Gasteiger partial charge is 0.460 e. The summed E-state index contributed by atoms with van der Waals surface area (Å²) in [6, 6.07) is 1.74. The Morgan fingerprint density at radius 3 is 2.46 bits per heavy atom. The number of rotatable bonds is 3. The maximum Gasteiger partial charge on any atom is 0.202 e. The van der Waals surface area contributed by atoms with E-state index in [0.717, 1.165) is 4.47 Å². The van der Waals surface area contributed by atoms with Gasteiger partial charge in [-0.1, -0.05) is 20.8 Å². The van der Waals surface area contributed by atoms with Gasteiger partial charge in [-0.15, -0.1) is 0 Å². The molecule has 2 nitrogen and oxygen atoms in total. The third kappa shape index (κ3) is 2.21. The molecule has 1 unspecified atom stereocenters. The van der Waals surface area contributed by atoms with E-state index in [1.807, 2.05) is 20.8 Å². The van der Waals surface area contributed by atoms with E-state index in [-0.39, 0.29) is 11.7 Å². The number of carbonyl (C=O) groups is 1. The number of halogens is 1. The number of hydrogen-bond donors (Lipinski definition) is 0. The number of carbonyl (C=O) groups excluding carboxylic acids is 1. The molecule has 1 aromatic rings. The van der Waals surface area contributed by atoms with Gasteiger partial charge in [0.15, 0.2) is 5.76 Å². The molecule has 0 N–H and O–H groups in total. The van der Waals surface area contributed by atoms with Crippen LogP contribution in [0.1, 0.15) is 31.3 Å². The van der Waals surface area contributed by atoms with E-state index in [0.29, 0.717) is 11.7 Å². The summed E-state index contributed by atoms with van der Waals surface area (Å²) in [5.41, 5.74) is 0. The smallest absolute Gasteiger partial charge is 0.202 e. The highest BCUT2D eigenvalue weighted by Crippen LogP contribution is 2.23. The molecular formula is C10H13BrO2. The molecule has 1 aromatic heterocycles. The van der Waals surface area contributed by atoms with Gasteiger partial charge >= 0.3 is 0 Å². The van der Waals surface area contributed by atoms with E-state index >= 15 is 0 Å². The quantitative estimate of drug-likeness (QED) is 0.762. The minimum atomic E-state index is 0.00227. The lowest BCUT2D eigenvalue weighted by Crippen LogP contribution is -2.16. The molecule has 3 heteroatoms. The molecule has 0 fully saturated rings. The van der Waals surface area contributed by atoms with Gasteiger partial charge < -0.3 is 4.42 Å². The van der Waals surface area contributed by atoms with Crippen molar-refractivity contribution in [2.45, 2.75) is 20.8 Å². The molecule has 0 aromatic carbocycles. The second kappa shape index (κ2) is 4.09. The van der Waals surface area contributed by atoms with Crippen molar-refractivity contribution < 1.29 is 9.21 Å². The van der Waals surface area contributed by atoms with Crippen molar-refractivity contribution in [2.24, 2.45) is 11.8 Å². The van der Waals surface area contributed by atoms with Crippen molar-refractivity contribution in [3.8, 4) is 0 Å². The molecule has 0 spiro atoms. The van der Waals surface area contributed by atoms with Crippen molar-refractivity contribution in [3.05, 3.63) is 22.6 Å². The minimum absolute atomic E-state index is 0.00227. The summed E-state index contributed by atoms with van der Waals surface area (Å²) >= 11 is 3.27. The Morgan fingerprint density at radius 2 is 2.08 bits per heavy atom. The zero-order chi connectivity index (χ0) is 10.0. The first-order valence-electron chi connectivity index (χ1n) is 4.31. The Morgan fingerprint density at radius 1 is 1.46 bits per heavy atom. The van der Waals surface area contributed by atoms with Gasteiger partial charge in [-0.3, -0.25) is 4.79 Å². The van der Waals surface area contributed by atoms with Crippen molar-refractivity contribution >= 4 is 21.7 Å². The van der Waals surface area contributed by atoms with Crippen molar-refractivity contribution in [3.63, 3.8) is 0 Å². The average Bonchev–Trinajstić information content (AvgIpc) is 2.48. The molecule has 0 bridgehead atoms. The standard InChI is InChI=1S/C10H13BrO2/c1-6(2)7(3)9(12)10-8(11)4-5-13-10/h4-7H,1-3H3. The zero-order valence-corrected chi connectivity index (χ0v) is 9.59. The average molecular weight is 245 g/mol. The molecule has 0 saturated carbocycles. The van der Waals surface area contributed by atoms with E-state index in [1.165, 1.54) is 6.26 Å². The topological polar surface area (TPSA) is 30.2 Å². The Kier molecular flexibility index (Phi) is 3.31. The lowest BCUT2D eigenvalue weighted by molar-refractivity contribution is 0.0870. The molecule has 1 atom stereocenters. The Hall–Kier alpha value is -0.570. The van der Waals surface area contributed by atoms with Crippen LogP contribution in [0.4, 0.5) is 0 Å². The van der Waals surface area contributed by atoms with Crippen LogP contribution in [0.15, 0.2) is 21.2 Å². The summed E-state index contributed by atoms with van der Waals surface area (Å²) in [6.45, 7) is 5.97. The molecule has 1 rings (SSSR count). The SMILES string of the molecule is CC(C)C(C)C(=O)c1occc1Br. The summed E-state index contributed by atoms with van der Waals surface area (Å²) in [5.74, 6) is 0.833. The van der Waals surface area contributed by atoms with Crippen LogP contribution in [0, 0.1) is 11.8 Å². The summed E-state index contributed by atoms with van der Waals surface area (Å²) in [7, 11) is 0. The van der Waals surface area contributed by atoms with Gasteiger partial charge in [0.1, 0.15) is 0 Å². The van der Waals surface area contributed by atoms with Gasteiger partial charge in [0.25, 0.3) is 0 Å². The number of hydrogen-bond acceptors (Lipinski definition) is 2. The van der Waals surface area contributed by atoms with E-state index in [9.17, 15) is 4.79 Å². The van der Waals surface area contributed by atoms with Gasteiger partial charge in [-0.25, -0.2) is 0 Å². The fourth-order valence-electron chi connectivity index (χ4n) is 0.979. The normalized spacial score (nSPS) is 13.3. The summed E-state index contributed by atoms with van der Waals surface area (Å²) in [5, 5.41) is 0. The van der Waals surface area contributed by atoms with E-state index in [2.05, 4.69) is 15.9 Å². The fraction of sp³-hybridized carbons (Fsp3) is 0.500. The van der Waals surface area contributed by atoms with Crippen LogP contribution in [0.5, 0.6) is 0 Å². The van der Waals surface area contributed by atoms with Crippen LogP contribution in [-0.4, -0.2) is 5.78 Å². The monoisotopic (exact) mass is 244 g/mol. The molecule has 0 aliphatic carbocycles. The highest BCUT2D eigenvalue weighted by molar-refractivity contribution is 9.10. The van der Waals surface area contributed by atoms with Gasteiger partial charge in [0.2, 0.25) is 5.78 Å². The molecule has 0 saturated heterocycles. The summed E-state index contributed by atoms with van der Waals surface area (Å²) in [6.07, 6.45) is 1.52. The number of furan rings is 1. The second-order valence-corrected chi connectivity index (χ2v) is 4.35. The van der Waals surface area contributed by atoms with Gasteiger partial charge in [0.05, 0.1) is 10.7 Å². The van der Waals surface area contributed by atoms with Gasteiger partial charge in [-0.2, -0.15) is 0 Å².